The first-order valence-corrected chi connectivity index (χ1v) is 10.6. The standard InChI is InChI=1S/C21H26N2O5S/c1-26-15-8-9-18(27-2)16(11-15)17-13-29-21(22-17)23-19(24)12-28-20(25)10-7-14-5-3-4-6-14/h8-9,11,13-14H,3-7,10,12H2,1-2H3,(H,22,23,24). The lowest BCUT2D eigenvalue weighted by atomic mass is 10.0. The van der Waals surface area contributed by atoms with Crippen LogP contribution in [0, 0.1) is 5.92 Å². The van der Waals surface area contributed by atoms with Gasteiger partial charge in [0, 0.05) is 17.4 Å². The van der Waals surface area contributed by atoms with Gasteiger partial charge in [0.1, 0.15) is 11.5 Å². The quantitative estimate of drug-likeness (QED) is 0.612. The first-order chi connectivity index (χ1) is 14.1. The summed E-state index contributed by atoms with van der Waals surface area (Å²) in [7, 11) is 3.18. The van der Waals surface area contributed by atoms with Gasteiger partial charge in [-0.1, -0.05) is 25.7 Å². The van der Waals surface area contributed by atoms with Crippen LogP contribution < -0.4 is 14.8 Å². The second-order valence-electron chi connectivity index (χ2n) is 7.00. The van der Waals surface area contributed by atoms with Gasteiger partial charge >= 0.3 is 5.97 Å². The minimum atomic E-state index is -0.405. The maximum atomic E-state index is 12.1. The van der Waals surface area contributed by atoms with Crippen molar-refractivity contribution in [1.82, 2.24) is 4.98 Å². The van der Waals surface area contributed by atoms with Crippen LogP contribution in [-0.2, 0) is 14.3 Å². The molecule has 0 spiro atoms. The van der Waals surface area contributed by atoms with Gasteiger partial charge in [0.15, 0.2) is 11.7 Å². The van der Waals surface area contributed by atoms with Crippen molar-refractivity contribution in [2.24, 2.45) is 5.92 Å². The summed E-state index contributed by atoms with van der Waals surface area (Å²) in [6, 6.07) is 5.43. The van der Waals surface area contributed by atoms with Gasteiger partial charge in [-0.05, 0) is 30.5 Å². The molecule has 8 heteroatoms. The molecule has 29 heavy (non-hydrogen) atoms. The summed E-state index contributed by atoms with van der Waals surface area (Å²) in [6.45, 7) is -0.305. The van der Waals surface area contributed by atoms with E-state index in [0.29, 0.717) is 34.7 Å². The van der Waals surface area contributed by atoms with E-state index in [-0.39, 0.29) is 12.6 Å². The highest BCUT2D eigenvalue weighted by molar-refractivity contribution is 7.14. The van der Waals surface area contributed by atoms with Crippen molar-refractivity contribution in [2.75, 3.05) is 26.1 Å². The number of amides is 1. The van der Waals surface area contributed by atoms with Crippen molar-refractivity contribution in [3.8, 4) is 22.8 Å². The van der Waals surface area contributed by atoms with E-state index in [4.69, 9.17) is 14.2 Å². The Kier molecular flexibility index (Phi) is 7.46. The van der Waals surface area contributed by atoms with Gasteiger partial charge in [-0.25, -0.2) is 4.98 Å². The molecule has 1 N–H and O–H groups in total. The van der Waals surface area contributed by atoms with E-state index in [9.17, 15) is 9.59 Å². The molecule has 1 aliphatic rings. The smallest absolute Gasteiger partial charge is 0.306 e. The van der Waals surface area contributed by atoms with E-state index in [1.54, 1.807) is 26.4 Å². The number of benzene rings is 1. The Balaban J connectivity index is 1.50. The Morgan fingerprint density at radius 1 is 1.21 bits per heavy atom. The Morgan fingerprint density at radius 2 is 2.00 bits per heavy atom. The first kappa shape index (κ1) is 21.1. The molecule has 1 aromatic heterocycles. The first-order valence-electron chi connectivity index (χ1n) is 9.72. The van der Waals surface area contributed by atoms with Crippen LogP contribution in [-0.4, -0.2) is 37.7 Å². The summed E-state index contributed by atoms with van der Waals surface area (Å²) in [5.41, 5.74) is 1.43. The number of methoxy groups -OCH3 is 2. The lowest BCUT2D eigenvalue weighted by Gasteiger charge is -2.09. The van der Waals surface area contributed by atoms with Crippen molar-refractivity contribution in [3.05, 3.63) is 23.6 Å². The zero-order chi connectivity index (χ0) is 20.6. The summed E-state index contributed by atoms with van der Waals surface area (Å²) in [5, 5.41) is 4.92. The highest BCUT2D eigenvalue weighted by Gasteiger charge is 2.18. The minimum absolute atomic E-state index is 0.305. The van der Waals surface area contributed by atoms with Crippen LogP contribution in [0.15, 0.2) is 23.6 Å². The van der Waals surface area contributed by atoms with Gasteiger partial charge in [-0.15, -0.1) is 11.3 Å². The number of carbonyl (C=O) groups is 2. The SMILES string of the molecule is COc1ccc(OC)c(-c2csc(NC(=O)COC(=O)CCC3CCCC3)n2)c1. The van der Waals surface area contributed by atoms with E-state index in [1.165, 1.54) is 37.0 Å². The fraction of sp³-hybridized carbons (Fsp3) is 0.476. The van der Waals surface area contributed by atoms with Crippen LogP contribution in [0.1, 0.15) is 38.5 Å². The number of esters is 1. The molecule has 1 saturated carbocycles. The van der Waals surface area contributed by atoms with E-state index in [0.717, 1.165) is 12.0 Å². The van der Waals surface area contributed by atoms with E-state index in [2.05, 4.69) is 10.3 Å². The van der Waals surface area contributed by atoms with E-state index < -0.39 is 5.91 Å². The number of ether oxygens (including phenoxy) is 3. The number of carbonyl (C=O) groups excluding carboxylic acids is 2. The Hall–Kier alpha value is -2.61. The van der Waals surface area contributed by atoms with Crippen molar-refractivity contribution < 1.29 is 23.8 Å². The van der Waals surface area contributed by atoms with Crippen LogP contribution in [0.4, 0.5) is 5.13 Å². The lowest BCUT2D eigenvalue weighted by molar-refractivity contribution is -0.147. The molecular formula is C21H26N2O5S. The molecule has 0 radical (unpaired) electrons. The average Bonchev–Trinajstić information content (AvgIpc) is 3.42. The molecular weight excluding hydrogens is 392 g/mol. The van der Waals surface area contributed by atoms with Crippen LogP contribution in [0.2, 0.25) is 0 Å². The monoisotopic (exact) mass is 418 g/mol. The van der Waals surface area contributed by atoms with E-state index in [1.807, 2.05) is 11.4 Å². The maximum Gasteiger partial charge on any atom is 0.306 e. The molecule has 0 aliphatic heterocycles. The zero-order valence-electron chi connectivity index (χ0n) is 16.7. The summed E-state index contributed by atoms with van der Waals surface area (Å²) in [5.74, 6) is 1.23. The van der Waals surface area contributed by atoms with Crippen LogP contribution in [0.5, 0.6) is 11.5 Å². The molecule has 1 aromatic carbocycles. The molecule has 0 bridgehead atoms. The maximum absolute atomic E-state index is 12.1. The molecule has 156 valence electrons. The third-order valence-corrected chi connectivity index (χ3v) is 5.79. The number of hydrogen-bond donors (Lipinski definition) is 1. The van der Waals surface area contributed by atoms with Crippen molar-refractivity contribution in [1.29, 1.82) is 0 Å². The number of thiazole rings is 1. The summed E-state index contributed by atoms with van der Waals surface area (Å²) >= 11 is 1.29. The predicted octanol–water partition coefficient (Wildman–Crippen LogP) is 4.28. The Labute approximate surface area is 174 Å². The summed E-state index contributed by atoms with van der Waals surface area (Å²) in [4.78, 5) is 28.3. The van der Waals surface area contributed by atoms with Crippen LogP contribution in [0.3, 0.4) is 0 Å². The minimum Gasteiger partial charge on any atom is -0.497 e. The third kappa shape index (κ3) is 5.93. The van der Waals surface area contributed by atoms with Crippen molar-refractivity contribution >= 4 is 28.3 Å². The highest BCUT2D eigenvalue weighted by atomic mass is 32.1. The largest absolute Gasteiger partial charge is 0.497 e. The van der Waals surface area contributed by atoms with Crippen LogP contribution in [0.25, 0.3) is 11.3 Å². The second kappa shape index (κ2) is 10.2. The summed E-state index contributed by atoms with van der Waals surface area (Å²) < 4.78 is 15.7. The molecule has 0 atom stereocenters. The Morgan fingerprint density at radius 3 is 2.72 bits per heavy atom. The third-order valence-electron chi connectivity index (χ3n) is 5.03. The van der Waals surface area contributed by atoms with Gasteiger partial charge in [0.25, 0.3) is 5.91 Å². The number of nitrogens with one attached hydrogen (secondary N) is 1. The molecule has 0 saturated heterocycles. The summed E-state index contributed by atoms with van der Waals surface area (Å²) in [6.07, 6.45) is 6.10. The van der Waals surface area contributed by atoms with Crippen molar-refractivity contribution in [2.45, 2.75) is 38.5 Å². The number of hydrogen-bond acceptors (Lipinski definition) is 7. The van der Waals surface area contributed by atoms with Gasteiger partial charge in [0.2, 0.25) is 0 Å². The average molecular weight is 419 g/mol. The van der Waals surface area contributed by atoms with Gasteiger partial charge in [-0.2, -0.15) is 0 Å². The lowest BCUT2D eigenvalue weighted by Crippen LogP contribution is -2.21. The second-order valence-corrected chi connectivity index (χ2v) is 7.86. The molecule has 7 nitrogen and oxygen atoms in total. The molecule has 3 rings (SSSR count). The highest BCUT2D eigenvalue weighted by Crippen LogP contribution is 2.35. The molecule has 1 aliphatic carbocycles. The molecule has 2 aromatic rings. The van der Waals surface area contributed by atoms with Crippen molar-refractivity contribution in [3.63, 3.8) is 0 Å². The molecule has 1 fully saturated rings. The van der Waals surface area contributed by atoms with E-state index >= 15 is 0 Å². The fourth-order valence-corrected chi connectivity index (χ4v) is 4.19. The van der Waals surface area contributed by atoms with Gasteiger partial charge < -0.3 is 14.2 Å². The van der Waals surface area contributed by atoms with Gasteiger partial charge in [0.05, 0.1) is 19.9 Å². The number of anilines is 1. The Bertz CT molecular complexity index is 845. The molecule has 1 heterocycles. The number of nitrogens with zero attached hydrogens (tertiary/aromatic N) is 1. The van der Waals surface area contributed by atoms with Gasteiger partial charge in [-0.3, -0.25) is 14.9 Å². The fourth-order valence-electron chi connectivity index (χ4n) is 3.46. The topological polar surface area (TPSA) is 86.8 Å². The molecule has 0 unspecified atom stereocenters. The molecule has 1 amide bonds. The zero-order valence-corrected chi connectivity index (χ0v) is 17.5. The normalized spacial score (nSPS) is 13.9. The number of aromatic nitrogens is 1. The van der Waals surface area contributed by atoms with Crippen LogP contribution >= 0.6 is 11.3 Å². The predicted molar refractivity (Wildman–Crippen MR) is 111 cm³/mol. The number of rotatable bonds is 9.